The van der Waals surface area contributed by atoms with Gasteiger partial charge in [-0.1, -0.05) is 19.8 Å². The number of nitrogens with one attached hydrogen (secondary N) is 1. The van der Waals surface area contributed by atoms with Crippen LogP contribution in [0.5, 0.6) is 0 Å². The predicted octanol–water partition coefficient (Wildman–Crippen LogP) is 3.55. The van der Waals surface area contributed by atoms with E-state index in [9.17, 15) is 9.90 Å². The molecule has 1 aliphatic carbocycles. The Hall–Kier alpha value is -1.75. The Morgan fingerprint density at radius 1 is 1.25 bits per heavy atom. The first-order chi connectivity index (χ1) is 11.5. The Bertz CT molecular complexity index is 518. The van der Waals surface area contributed by atoms with E-state index in [1.54, 1.807) is 11.9 Å². The highest BCUT2D eigenvalue weighted by molar-refractivity contribution is 5.89. The van der Waals surface area contributed by atoms with E-state index in [1.165, 1.54) is 12.8 Å². The van der Waals surface area contributed by atoms with Gasteiger partial charge in [-0.25, -0.2) is 4.79 Å². The van der Waals surface area contributed by atoms with Crippen LogP contribution in [0.25, 0.3) is 0 Å². The van der Waals surface area contributed by atoms with Gasteiger partial charge in [-0.3, -0.25) is 0 Å². The molecule has 5 nitrogen and oxygen atoms in total. The number of carbonyl (C=O) groups excluding carboxylic acids is 1. The van der Waals surface area contributed by atoms with Crippen LogP contribution in [-0.2, 0) is 0 Å². The van der Waals surface area contributed by atoms with Crippen LogP contribution in [0, 0.1) is 5.92 Å². The van der Waals surface area contributed by atoms with Gasteiger partial charge in [0.25, 0.3) is 0 Å². The lowest BCUT2D eigenvalue weighted by molar-refractivity contribution is 0.116. The lowest BCUT2D eigenvalue weighted by Gasteiger charge is -2.24. The maximum atomic E-state index is 12.3. The summed E-state index contributed by atoms with van der Waals surface area (Å²) in [4.78, 5) is 16.2. The molecular formula is C19H31N3O2. The molecule has 2 N–H and O–H groups in total. The normalized spacial score (nSPS) is 20.0. The van der Waals surface area contributed by atoms with E-state index in [0.29, 0.717) is 6.54 Å². The van der Waals surface area contributed by atoms with E-state index in [1.807, 2.05) is 24.3 Å². The first-order valence-electron chi connectivity index (χ1n) is 9.02. The molecule has 2 rings (SSSR count). The quantitative estimate of drug-likeness (QED) is 0.802. The fourth-order valence-corrected chi connectivity index (χ4v) is 3.21. The van der Waals surface area contributed by atoms with Gasteiger partial charge < -0.3 is 20.2 Å². The third-order valence-electron chi connectivity index (χ3n) is 4.88. The first kappa shape index (κ1) is 18.6. The Morgan fingerprint density at radius 3 is 2.54 bits per heavy atom. The number of hydrogen-bond donors (Lipinski definition) is 2. The van der Waals surface area contributed by atoms with Crippen molar-refractivity contribution >= 4 is 17.4 Å². The smallest absolute Gasteiger partial charge is 0.321 e. The van der Waals surface area contributed by atoms with Gasteiger partial charge in [0.05, 0.1) is 6.10 Å². The molecule has 0 bridgehead atoms. The van der Waals surface area contributed by atoms with Crippen LogP contribution in [0.1, 0.15) is 39.0 Å². The van der Waals surface area contributed by atoms with Crippen molar-refractivity contribution in [2.45, 2.75) is 45.1 Å². The summed E-state index contributed by atoms with van der Waals surface area (Å²) in [5.41, 5.74) is 1.95. The van der Waals surface area contributed by atoms with Crippen LogP contribution in [0.15, 0.2) is 24.3 Å². The second-order valence-corrected chi connectivity index (χ2v) is 6.89. The number of benzene rings is 1. The highest BCUT2D eigenvalue weighted by Crippen LogP contribution is 2.26. The fraction of sp³-hybridized carbons (Fsp3) is 0.632. The number of unbranched alkanes of at least 4 members (excludes halogenated alkanes) is 1. The molecule has 0 aliphatic heterocycles. The molecule has 1 fully saturated rings. The number of rotatable bonds is 7. The summed E-state index contributed by atoms with van der Waals surface area (Å²) in [6.45, 7) is 3.83. The van der Waals surface area contributed by atoms with E-state index >= 15 is 0 Å². The first-order valence-corrected chi connectivity index (χ1v) is 9.02. The van der Waals surface area contributed by atoms with Crippen molar-refractivity contribution in [2.24, 2.45) is 5.92 Å². The molecule has 24 heavy (non-hydrogen) atoms. The number of aliphatic hydroxyl groups is 1. The standard InChI is InChI=1S/C19H31N3O2/c1-4-5-13-21(2)17-11-9-16(10-12-17)20-19(24)22(3)14-15-7-6-8-18(15)23/h9-12,15,18,23H,4-8,13-14H2,1-3H3,(H,20,24). The Labute approximate surface area is 145 Å². The molecule has 1 aromatic rings. The van der Waals surface area contributed by atoms with Gasteiger partial charge in [0.2, 0.25) is 0 Å². The van der Waals surface area contributed by atoms with Crippen molar-refractivity contribution in [3.05, 3.63) is 24.3 Å². The number of amides is 2. The molecule has 2 unspecified atom stereocenters. The summed E-state index contributed by atoms with van der Waals surface area (Å²) in [6.07, 6.45) is 4.99. The number of urea groups is 1. The van der Waals surface area contributed by atoms with Crippen molar-refractivity contribution in [1.29, 1.82) is 0 Å². The Balaban J connectivity index is 1.84. The van der Waals surface area contributed by atoms with Crippen molar-refractivity contribution in [3.8, 4) is 0 Å². The van der Waals surface area contributed by atoms with Gasteiger partial charge in [0.15, 0.2) is 0 Å². The van der Waals surface area contributed by atoms with E-state index in [4.69, 9.17) is 0 Å². The maximum absolute atomic E-state index is 12.3. The minimum Gasteiger partial charge on any atom is -0.393 e. The monoisotopic (exact) mass is 333 g/mol. The van der Waals surface area contributed by atoms with Crippen molar-refractivity contribution < 1.29 is 9.90 Å². The molecule has 1 aliphatic rings. The molecule has 0 radical (unpaired) electrons. The summed E-state index contributed by atoms with van der Waals surface area (Å²) < 4.78 is 0. The molecule has 1 saturated carbocycles. The summed E-state index contributed by atoms with van der Waals surface area (Å²) >= 11 is 0. The molecule has 0 heterocycles. The number of hydrogen-bond acceptors (Lipinski definition) is 3. The van der Waals surface area contributed by atoms with Gasteiger partial charge in [-0.05, 0) is 43.5 Å². The van der Waals surface area contributed by atoms with Crippen LogP contribution in [0.2, 0.25) is 0 Å². The second-order valence-electron chi connectivity index (χ2n) is 6.89. The van der Waals surface area contributed by atoms with Crippen LogP contribution in [-0.4, -0.2) is 49.3 Å². The lowest BCUT2D eigenvalue weighted by Crippen LogP contribution is -2.37. The van der Waals surface area contributed by atoms with Gasteiger partial charge in [-0.2, -0.15) is 0 Å². The van der Waals surface area contributed by atoms with E-state index in [2.05, 4.69) is 24.2 Å². The number of carbonyl (C=O) groups is 1. The van der Waals surface area contributed by atoms with Crippen molar-refractivity contribution in [2.75, 3.05) is 37.4 Å². The largest absolute Gasteiger partial charge is 0.393 e. The molecule has 134 valence electrons. The minimum absolute atomic E-state index is 0.124. The van der Waals surface area contributed by atoms with Crippen LogP contribution < -0.4 is 10.2 Å². The summed E-state index contributed by atoms with van der Waals surface area (Å²) in [5, 5.41) is 12.8. The zero-order chi connectivity index (χ0) is 17.5. The number of nitrogens with zero attached hydrogens (tertiary/aromatic N) is 2. The lowest BCUT2D eigenvalue weighted by atomic mass is 10.1. The molecule has 0 saturated heterocycles. The van der Waals surface area contributed by atoms with Gasteiger partial charge in [0, 0.05) is 44.5 Å². The highest BCUT2D eigenvalue weighted by atomic mass is 16.3. The SMILES string of the molecule is CCCCN(C)c1ccc(NC(=O)N(C)CC2CCCC2O)cc1. The van der Waals surface area contributed by atoms with Crippen LogP contribution >= 0.6 is 0 Å². The molecule has 2 atom stereocenters. The van der Waals surface area contributed by atoms with Crippen LogP contribution in [0.3, 0.4) is 0 Å². The van der Waals surface area contributed by atoms with E-state index < -0.39 is 0 Å². The fourth-order valence-electron chi connectivity index (χ4n) is 3.21. The van der Waals surface area contributed by atoms with E-state index in [0.717, 1.165) is 37.2 Å². The number of anilines is 2. The van der Waals surface area contributed by atoms with Gasteiger partial charge in [0.1, 0.15) is 0 Å². The van der Waals surface area contributed by atoms with Crippen molar-refractivity contribution in [3.63, 3.8) is 0 Å². The Kier molecular flexibility index (Phi) is 6.91. The average Bonchev–Trinajstić information content (AvgIpc) is 2.98. The topological polar surface area (TPSA) is 55.8 Å². The van der Waals surface area contributed by atoms with E-state index in [-0.39, 0.29) is 18.1 Å². The average molecular weight is 333 g/mol. The molecule has 0 aromatic heterocycles. The summed E-state index contributed by atoms with van der Waals surface area (Å²) in [7, 11) is 3.87. The third kappa shape index (κ3) is 5.13. The zero-order valence-corrected chi connectivity index (χ0v) is 15.2. The highest BCUT2D eigenvalue weighted by Gasteiger charge is 2.27. The van der Waals surface area contributed by atoms with Crippen molar-refractivity contribution in [1.82, 2.24) is 4.90 Å². The minimum atomic E-state index is -0.266. The molecule has 1 aromatic carbocycles. The van der Waals surface area contributed by atoms with Gasteiger partial charge >= 0.3 is 6.03 Å². The summed E-state index contributed by atoms with van der Waals surface area (Å²) in [6, 6.07) is 7.82. The number of aliphatic hydroxyl groups excluding tert-OH is 1. The second kappa shape index (κ2) is 8.92. The van der Waals surface area contributed by atoms with Crippen LogP contribution in [0.4, 0.5) is 16.2 Å². The summed E-state index contributed by atoms with van der Waals surface area (Å²) in [5.74, 6) is 0.204. The zero-order valence-electron chi connectivity index (χ0n) is 15.2. The maximum Gasteiger partial charge on any atom is 0.321 e. The Morgan fingerprint density at radius 2 is 1.96 bits per heavy atom. The molecule has 5 heteroatoms. The molecule has 2 amide bonds. The third-order valence-corrected chi connectivity index (χ3v) is 4.88. The predicted molar refractivity (Wildman–Crippen MR) is 99.6 cm³/mol. The molecule has 0 spiro atoms. The van der Waals surface area contributed by atoms with Gasteiger partial charge in [-0.15, -0.1) is 0 Å². The molecular weight excluding hydrogens is 302 g/mol.